The third-order valence-electron chi connectivity index (χ3n) is 4.29. The lowest BCUT2D eigenvalue weighted by atomic mass is 9.98. The third-order valence-corrected chi connectivity index (χ3v) is 5.15. The van der Waals surface area contributed by atoms with E-state index in [4.69, 9.17) is 0 Å². The Kier molecular flexibility index (Phi) is 4.70. The van der Waals surface area contributed by atoms with Crippen molar-refractivity contribution in [3.63, 3.8) is 0 Å². The van der Waals surface area contributed by atoms with Crippen LogP contribution in [0.2, 0.25) is 0 Å². The summed E-state index contributed by atoms with van der Waals surface area (Å²) in [6.07, 6.45) is 2.19. The number of amides is 1. The van der Waals surface area contributed by atoms with Crippen LogP contribution < -0.4 is 5.32 Å². The summed E-state index contributed by atoms with van der Waals surface area (Å²) < 4.78 is 0. The molecule has 1 amide bonds. The summed E-state index contributed by atoms with van der Waals surface area (Å²) in [5, 5.41) is 5.47. The van der Waals surface area contributed by atoms with Crippen molar-refractivity contribution in [1.82, 2.24) is 15.1 Å². The van der Waals surface area contributed by atoms with E-state index in [0.717, 1.165) is 58.7 Å². The largest absolute Gasteiger partial charge is 0.340 e. The molecule has 4 nitrogen and oxygen atoms in total. The Bertz CT molecular complexity index is 420. The van der Waals surface area contributed by atoms with Crippen molar-refractivity contribution >= 4 is 17.2 Å². The van der Waals surface area contributed by atoms with Crippen LogP contribution in [0, 0.1) is 5.92 Å². The molecule has 1 atom stereocenters. The molecule has 0 spiro atoms. The number of carbonyl (C=O) groups is 1. The van der Waals surface area contributed by atoms with Crippen LogP contribution in [0.5, 0.6) is 0 Å². The average molecular weight is 293 g/mol. The second-order valence-electron chi connectivity index (χ2n) is 5.72. The van der Waals surface area contributed by atoms with Crippen LogP contribution in [0.25, 0.3) is 0 Å². The van der Waals surface area contributed by atoms with Crippen molar-refractivity contribution in [3.05, 3.63) is 22.4 Å². The molecule has 0 radical (unpaired) electrons. The lowest BCUT2D eigenvalue weighted by molar-refractivity contribution is -0.137. The maximum Gasteiger partial charge on any atom is 0.227 e. The zero-order chi connectivity index (χ0) is 13.8. The first-order valence-corrected chi connectivity index (χ1v) is 8.45. The van der Waals surface area contributed by atoms with E-state index in [0.29, 0.717) is 5.91 Å². The Labute approximate surface area is 124 Å². The van der Waals surface area contributed by atoms with E-state index in [-0.39, 0.29) is 5.92 Å². The highest BCUT2D eigenvalue weighted by Gasteiger charge is 2.28. The van der Waals surface area contributed by atoms with Crippen molar-refractivity contribution in [2.24, 2.45) is 5.92 Å². The van der Waals surface area contributed by atoms with Crippen LogP contribution in [-0.2, 0) is 11.3 Å². The molecule has 2 aliphatic heterocycles. The molecule has 3 heterocycles. The number of nitrogens with zero attached hydrogens (tertiary/aromatic N) is 2. The fourth-order valence-electron chi connectivity index (χ4n) is 3.07. The van der Waals surface area contributed by atoms with Gasteiger partial charge in [-0.2, -0.15) is 0 Å². The third kappa shape index (κ3) is 3.40. The molecule has 20 heavy (non-hydrogen) atoms. The summed E-state index contributed by atoms with van der Waals surface area (Å²) >= 11 is 1.82. The maximum atomic E-state index is 12.4. The molecular formula is C15H23N3OS. The number of piperazine rings is 1. The first-order chi connectivity index (χ1) is 9.83. The summed E-state index contributed by atoms with van der Waals surface area (Å²) in [6, 6.07) is 4.30. The number of carbonyl (C=O) groups excluding carboxylic acids is 1. The van der Waals surface area contributed by atoms with Crippen molar-refractivity contribution < 1.29 is 4.79 Å². The average Bonchev–Trinajstić information content (AvgIpc) is 3.01. The summed E-state index contributed by atoms with van der Waals surface area (Å²) in [7, 11) is 0. The molecule has 1 aromatic rings. The SMILES string of the molecule is O=C([C@H]1CCCNC1)N1CCN(Cc2cccs2)CC1. The van der Waals surface area contributed by atoms with Gasteiger partial charge in [-0.15, -0.1) is 11.3 Å². The normalized spacial score (nSPS) is 24.8. The Morgan fingerprint density at radius 1 is 1.35 bits per heavy atom. The zero-order valence-corrected chi connectivity index (χ0v) is 12.7. The molecule has 0 unspecified atom stereocenters. The Morgan fingerprint density at radius 3 is 2.85 bits per heavy atom. The Balaban J connectivity index is 1.46. The first-order valence-electron chi connectivity index (χ1n) is 7.57. The molecule has 0 saturated carbocycles. The van der Waals surface area contributed by atoms with Crippen molar-refractivity contribution in [2.45, 2.75) is 19.4 Å². The van der Waals surface area contributed by atoms with Crippen molar-refractivity contribution in [3.8, 4) is 0 Å². The van der Waals surface area contributed by atoms with E-state index in [1.807, 2.05) is 11.3 Å². The van der Waals surface area contributed by atoms with E-state index >= 15 is 0 Å². The predicted octanol–water partition coefficient (Wildman–Crippen LogP) is 1.39. The van der Waals surface area contributed by atoms with E-state index in [1.54, 1.807) is 0 Å². The predicted molar refractivity (Wildman–Crippen MR) is 81.8 cm³/mol. The second-order valence-corrected chi connectivity index (χ2v) is 6.76. The van der Waals surface area contributed by atoms with E-state index in [9.17, 15) is 4.79 Å². The molecule has 0 aromatic carbocycles. The molecular weight excluding hydrogens is 270 g/mol. The number of hydrogen-bond acceptors (Lipinski definition) is 4. The Morgan fingerprint density at radius 2 is 2.20 bits per heavy atom. The monoisotopic (exact) mass is 293 g/mol. The van der Waals surface area contributed by atoms with Gasteiger partial charge in [-0.3, -0.25) is 9.69 Å². The molecule has 3 rings (SSSR count). The molecule has 5 heteroatoms. The fraction of sp³-hybridized carbons (Fsp3) is 0.667. The fourth-order valence-corrected chi connectivity index (χ4v) is 3.82. The topological polar surface area (TPSA) is 35.6 Å². The lowest BCUT2D eigenvalue weighted by Crippen LogP contribution is -2.51. The van der Waals surface area contributed by atoms with Gasteiger partial charge in [0.15, 0.2) is 0 Å². The molecule has 0 bridgehead atoms. The van der Waals surface area contributed by atoms with Gasteiger partial charge in [-0.25, -0.2) is 0 Å². The number of piperidine rings is 1. The van der Waals surface area contributed by atoms with E-state index in [1.165, 1.54) is 4.88 Å². The van der Waals surface area contributed by atoms with Gasteiger partial charge in [0, 0.05) is 44.1 Å². The highest BCUT2D eigenvalue weighted by Crippen LogP contribution is 2.17. The van der Waals surface area contributed by atoms with Crippen LogP contribution in [0.1, 0.15) is 17.7 Å². The van der Waals surface area contributed by atoms with Gasteiger partial charge in [0.05, 0.1) is 5.92 Å². The minimum atomic E-state index is 0.215. The van der Waals surface area contributed by atoms with Gasteiger partial charge >= 0.3 is 0 Å². The number of hydrogen-bond donors (Lipinski definition) is 1. The second kappa shape index (κ2) is 6.70. The van der Waals surface area contributed by atoms with Crippen LogP contribution in [-0.4, -0.2) is 55.0 Å². The van der Waals surface area contributed by atoms with Gasteiger partial charge in [0.25, 0.3) is 0 Å². The molecule has 1 aromatic heterocycles. The molecule has 0 aliphatic carbocycles. The Hall–Kier alpha value is -0.910. The van der Waals surface area contributed by atoms with Gasteiger partial charge < -0.3 is 10.2 Å². The lowest BCUT2D eigenvalue weighted by Gasteiger charge is -2.37. The van der Waals surface area contributed by atoms with Gasteiger partial charge in [0.2, 0.25) is 5.91 Å². The number of nitrogens with one attached hydrogen (secondary N) is 1. The van der Waals surface area contributed by atoms with Gasteiger partial charge in [0.1, 0.15) is 0 Å². The van der Waals surface area contributed by atoms with Crippen LogP contribution in [0.4, 0.5) is 0 Å². The molecule has 2 saturated heterocycles. The van der Waals surface area contributed by atoms with Gasteiger partial charge in [-0.05, 0) is 30.8 Å². The highest BCUT2D eigenvalue weighted by atomic mass is 32.1. The molecule has 2 fully saturated rings. The number of thiophene rings is 1. The zero-order valence-electron chi connectivity index (χ0n) is 11.9. The molecule has 1 N–H and O–H groups in total. The van der Waals surface area contributed by atoms with Crippen LogP contribution in [0.15, 0.2) is 17.5 Å². The van der Waals surface area contributed by atoms with E-state index < -0.39 is 0 Å². The summed E-state index contributed by atoms with van der Waals surface area (Å²) in [6.45, 7) is 6.76. The summed E-state index contributed by atoms with van der Waals surface area (Å²) in [5.74, 6) is 0.584. The van der Waals surface area contributed by atoms with Gasteiger partial charge in [-0.1, -0.05) is 6.07 Å². The smallest absolute Gasteiger partial charge is 0.227 e. The summed E-state index contributed by atoms with van der Waals surface area (Å²) in [4.78, 5) is 18.4. The number of rotatable bonds is 3. The quantitative estimate of drug-likeness (QED) is 0.915. The first kappa shape index (κ1) is 14.0. The standard InChI is InChI=1S/C15H23N3OS/c19-15(13-3-1-5-16-11-13)18-8-6-17(7-9-18)12-14-4-2-10-20-14/h2,4,10,13,16H,1,3,5-9,11-12H2/t13-/m0/s1. The van der Waals surface area contributed by atoms with Crippen molar-refractivity contribution in [2.75, 3.05) is 39.3 Å². The van der Waals surface area contributed by atoms with E-state index in [2.05, 4.69) is 32.6 Å². The minimum Gasteiger partial charge on any atom is -0.340 e. The molecule has 2 aliphatic rings. The van der Waals surface area contributed by atoms with Crippen molar-refractivity contribution in [1.29, 1.82) is 0 Å². The highest BCUT2D eigenvalue weighted by molar-refractivity contribution is 7.09. The van der Waals surface area contributed by atoms with Crippen LogP contribution in [0.3, 0.4) is 0 Å². The maximum absolute atomic E-state index is 12.4. The summed E-state index contributed by atoms with van der Waals surface area (Å²) in [5.41, 5.74) is 0. The van der Waals surface area contributed by atoms with Crippen LogP contribution >= 0.6 is 11.3 Å². The molecule has 110 valence electrons. The minimum absolute atomic E-state index is 0.215.